The average Bonchev–Trinajstić information content (AvgIpc) is 2.91. The van der Waals surface area contributed by atoms with E-state index in [2.05, 4.69) is 0 Å². The van der Waals surface area contributed by atoms with Gasteiger partial charge in [0.2, 0.25) is 0 Å². The zero-order valence-electron chi connectivity index (χ0n) is 15.5. The first-order valence-electron chi connectivity index (χ1n) is 8.79. The molecule has 0 aromatic heterocycles. The number of halogens is 1. The number of alkyl halides is 1. The van der Waals surface area contributed by atoms with E-state index in [1.165, 1.54) is 7.11 Å². The summed E-state index contributed by atoms with van der Waals surface area (Å²) in [5, 5.41) is 10.0. The second-order valence-corrected chi connectivity index (χ2v) is 6.72. The highest BCUT2D eigenvalue weighted by molar-refractivity contribution is 5.91. The number of aliphatic hydroxyl groups excluding tert-OH is 1. The molecule has 2 aromatic rings. The molecule has 1 N–H and O–H groups in total. The summed E-state index contributed by atoms with van der Waals surface area (Å²) in [7, 11) is 1.26. The Morgan fingerprint density at radius 2 is 1.75 bits per heavy atom. The lowest BCUT2D eigenvalue weighted by Crippen LogP contribution is -2.44. The first-order chi connectivity index (χ1) is 13.3. The van der Waals surface area contributed by atoms with Crippen molar-refractivity contribution in [3.63, 3.8) is 0 Å². The first kappa shape index (κ1) is 20.0. The normalized spacial score (nSPS) is 26.6. The average molecular weight is 388 g/mol. The minimum atomic E-state index is -2.31. The maximum Gasteiger partial charge on any atom is 0.338 e. The van der Waals surface area contributed by atoms with Crippen LogP contribution in [0.2, 0.25) is 0 Å². The molecule has 1 aliphatic rings. The Morgan fingerprint density at radius 3 is 2.43 bits per heavy atom. The fraction of sp³-hybridized carbons (Fsp3) is 0.333. The Labute approximate surface area is 161 Å². The van der Waals surface area contributed by atoms with Crippen LogP contribution < -0.4 is 0 Å². The lowest BCUT2D eigenvalue weighted by molar-refractivity contribution is -0.139. The number of hydrogen-bond acceptors (Lipinski definition) is 6. The predicted molar refractivity (Wildman–Crippen MR) is 97.5 cm³/mol. The predicted octanol–water partition coefficient (Wildman–Crippen LogP) is 2.69. The van der Waals surface area contributed by atoms with E-state index in [0.717, 1.165) is 6.92 Å². The number of benzene rings is 2. The van der Waals surface area contributed by atoms with Gasteiger partial charge in [0.25, 0.3) is 0 Å². The van der Waals surface area contributed by atoms with Crippen molar-refractivity contribution < 1.29 is 33.3 Å². The summed E-state index contributed by atoms with van der Waals surface area (Å²) >= 11 is 0. The van der Waals surface area contributed by atoms with Crippen molar-refractivity contribution in [3.05, 3.63) is 71.3 Å². The maximum atomic E-state index is 15.1. The SMILES string of the molecule is COC(=O)c1ccccc1C[C@H]1OC(O)[C@](C)(F)[C@@H]1OC(=O)c1ccccc1. The molecule has 2 aromatic carbocycles. The van der Waals surface area contributed by atoms with Crippen molar-refractivity contribution in [2.45, 2.75) is 37.5 Å². The largest absolute Gasteiger partial charge is 0.465 e. The van der Waals surface area contributed by atoms with Crippen LogP contribution in [-0.2, 0) is 20.6 Å². The molecule has 148 valence electrons. The van der Waals surface area contributed by atoms with Crippen LogP contribution in [0.5, 0.6) is 0 Å². The molecule has 0 radical (unpaired) electrons. The Kier molecular flexibility index (Phi) is 5.76. The molecular weight excluding hydrogens is 367 g/mol. The molecule has 0 amide bonds. The van der Waals surface area contributed by atoms with Gasteiger partial charge < -0.3 is 19.3 Å². The van der Waals surface area contributed by atoms with E-state index in [1.807, 2.05) is 0 Å². The van der Waals surface area contributed by atoms with Crippen LogP contribution in [0.4, 0.5) is 4.39 Å². The van der Waals surface area contributed by atoms with Gasteiger partial charge in [0, 0.05) is 6.42 Å². The maximum absolute atomic E-state index is 15.1. The summed E-state index contributed by atoms with van der Waals surface area (Å²) in [5.74, 6) is -1.27. The highest BCUT2D eigenvalue weighted by Crippen LogP contribution is 2.37. The third kappa shape index (κ3) is 3.90. The third-order valence-electron chi connectivity index (χ3n) is 4.77. The summed E-state index contributed by atoms with van der Waals surface area (Å²) in [5.41, 5.74) is -1.22. The van der Waals surface area contributed by atoms with Gasteiger partial charge in [-0.2, -0.15) is 0 Å². The Hall–Kier alpha value is -2.77. The van der Waals surface area contributed by atoms with Crippen LogP contribution in [0.1, 0.15) is 33.2 Å². The van der Waals surface area contributed by atoms with Gasteiger partial charge in [0.05, 0.1) is 18.2 Å². The van der Waals surface area contributed by atoms with Gasteiger partial charge in [-0.05, 0) is 30.7 Å². The number of hydrogen-bond donors (Lipinski definition) is 1. The molecule has 0 aliphatic carbocycles. The van der Waals surface area contributed by atoms with Crippen molar-refractivity contribution in [3.8, 4) is 0 Å². The van der Waals surface area contributed by atoms with Crippen molar-refractivity contribution in [1.29, 1.82) is 0 Å². The van der Waals surface area contributed by atoms with Crippen LogP contribution >= 0.6 is 0 Å². The summed E-state index contributed by atoms with van der Waals surface area (Å²) in [6.45, 7) is 1.12. The number of rotatable bonds is 5. The molecule has 0 bridgehead atoms. The molecule has 1 aliphatic heterocycles. The van der Waals surface area contributed by atoms with Crippen LogP contribution in [0.3, 0.4) is 0 Å². The minimum Gasteiger partial charge on any atom is -0.465 e. The number of carbonyl (C=O) groups excluding carboxylic acids is 2. The summed E-state index contributed by atoms with van der Waals surface area (Å²) in [6, 6.07) is 14.8. The number of aliphatic hydroxyl groups is 1. The summed E-state index contributed by atoms with van der Waals surface area (Å²) in [4.78, 5) is 24.4. The molecule has 4 atom stereocenters. The quantitative estimate of drug-likeness (QED) is 0.793. The molecule has 1 saturated heterocycles. The van der Waals surface area contributed by atoms with Gasteiger partial charge in [-0.1, -0.05) is 36.4 Å². The lowest BCUT2D eigenvalue weighted by Gasteiger charge is -2.26. The van der Waals surface area contributed by atoms with Crippen molar-refractivity contribution in [2.24, 2.45) is 0 Å². The Morgan fingerprint density at radius 1 is 1.11 bits per heavy atom. The molecule has 0 spiro atoms. The first-order valence-corrected chi connectivity index (χ1v) is 8.79. The highest BCUT2D eigenvalue weighted by Gasteiger charge is 2.56. The van der Waals surface area contributed by atoms with E-state index in [0.29, 0.717) is 11.1 Å². The molecule has 7 heteroatoms. The Balaban J connectivity index is 1.86. The van der Waals surface area contributed by atoms with Gasteiger partial charge in [-0.15, -0.1) is 0 Å². The van der Waals surface area contributed by atoms with Crippen molar-refractivity contribution in [2.75, 3.05) is 7.11 Å². The van der Waals surface area contributed by atoms with E-state index in [4.69, 9.17) is 14.2 Å². The zero-order chi connectivity index (χ0) is 20.3. The van der Waals surface area contributed by atoms with Gasteiger partial charge in [0.1, 0.15) is 6.10 Å². The van der Waals surface area contributed by atoms with Gasteiger partial charge in [0.15, 0.2) is 18.1 Å². The molecule has 3 rings (SSSR count). The smallest absolute Gasteiger partial charge is 0.338 e. The number of esters is 2. The molecule has 6 nitrogen and oxygen atoms in total. The van der Waals surface area contributed by atoms with Crippen LogP contribution in [0.25, 0.3) is 0 Å². The van der Waals surface area contributed by atoms with Crippen molar-refractivity contribution in [1.82, 2.24) is 0 Å². The molecule has 0 saturated carbocycles. The van der Waals surface area contributed by atoms with E-state index in [-0.39, 0.29) is 12.0 Å². The van der Waals surface area contributed by atoms with Crippen LogP contribution in [-0.4, -0.2) is 48.3 Å². The van der Waals surface area contributed by atoms with E-state index in [9.17, 15) is 14.7 Å². The van der Waals surface area contributed by atoms with Crippen LogP contribution in [0, 0.1) is 0 Å². The molecule has 1 heterocycles. The third-order valence-corrected chi connectivity index (χ3v) is 4.77. The number of carbonyl (C=O) groups is 2. The van der Waals surface area contributed by atoms with Crippen molar-refractivity contribution >= 4 is 11.9 Å². The lowest BCUT2D eigenvalue weighted by atomic mass is 9.93. The standard InChI is InChI=1S/C21H21FO6/c1-21(22)17(28-18(23)13-8-4-3-5-9-13)16(27-20(21)25)12-14-10-6-7-11-15(14)19(24)26-2/h3-11,16-17,20,25H,12H2,1-2H3/t16-,17-,20?,21-/m1/s1. The zero-order valence-corrected chi connectivity index (χ0v) is 15.5. The van der Waals surface area contributed by atoms with E-state index < -0.39 is 36.1 Å². The fourth-order valence-corrected chi connectivity index (χ4v) is 3.20. The minimum absolute atomic E-state index is 0.0502. The second-order valence-electron chi connectivity index (χ2n) is 6.72. The van der Waals surface area contributed by atoms with Gasteiger partial charge >= 0.3 is 11.9 Å². The summed E-state index contributed by atoms with van der Waals surface area (Å²) < 4.78 is 30.6. The number of methoxy groups -OCH3 is 1. The molecule has 1 fully saturated rings. The van der Waals surface area contributed by atoms with Crippen LogP contribution in [0.15, 0.2) is 54.6 Å². The van der Waals surface area contributed by atoms with E-state index in [1.54, 1.807) is 54.6 Å². The monoisotopic (exact) mass is 388 g/mol. The molecular formula is C21H21FO6. The Bertz CT molecular complexity index is 851. The van der Waals surface area contributed by atoms with Gasteiger partial charge in [-0.3, -0.25) is 0 Å². The number of ether oxygens (including phenoxy) is 3. The fourth-order valence-electron chi connectivity index (χ4n) is 3.20. The molecule has 28 heavy (non-hydrogen) atoms. The molecule has 1 unspecified atom stereocenters. The topological polar surface area (TPSA) is 82.1 Å². The summed E-state index contributed by atoms with van der Waals surface area (Å²) in [6.07, 6.45) is -4.06. The second kappa shape index (κ2) is 8.08. The van der Waals surface area contributed by atoms with E-state index >= 15 is 4.39 Å². The van der Waals surface area contributed by atoms with Gasteiger partial charge in [-0.25, -0.2) is 14.0 Å². The highest BCUT2D eigenvalue weighted by atomic mass is 19.1.